The molecule has 3 nitrogen and oxygen atoms in total. The molecule has 0 spiro atoms. The molecule has 3 rings (SSSR count). The van der Waals surface area contributed by atoms with Crippen molar-refractivity contribution in [3.63, 3.8) is 0 Å². The van der Waals surface area contributed by atoms with E-state index in [4.69, 9.17) is 9.47 Å². The van der Waals surface area contributed by atoms with E-state index in [-0.39, 0.29) is 6.10 Å². The highest BCUT2D eigenvalue weighted by atomic mass is 16.6. The maximum absolute atomic E-state index is 5.96. The smallest absolute Gasteiger partial charge is 0.161 e. The SMILES string of the molecule is CC1(C)CCC(NCC2COc3ccccc3O2)C1. The highest BCUT2D eigenvalue weighted by Gasteiger charge is 2.31. The van der Waals surface area contributed by atoms with Crippen LogP contribution < -0.4 is 14.8 Å². The summed E-state index contributed by atoms with van der Waals surface area (Å²) in [7, 11) is 0. The first-order valence-corrected chi connectivity index (χ1v) is 7.24. The molecule has 1 N–H and O–H groups in total. The Morgan fingerprint density at radius 1 is 1.26 bits per heavy atom. The number of fused-ring (bicyclic) bond motifs is 1. The van der Waals surface area contributed by atoms with Gasteiger partial charge in [-0.3, -0.25) is 0 Å². The first-order valence-electron chi connectivity index (χ1n) is 7.24. The Morgan fingerprint density at radius 2 is 2.05 bits per heavy atom. The van der Waals surface area contributed by atoms with Gasteiger partial charge in [0.1, 0.15) is 12.7 Å². The van der Waals surface area contributed by atoms with Crippen LogP contribution in [0.4, 0.5) is 0 Å². The van der Waals surface area contributed by atoms with Gasteiger partial charge >= 0.3 is 0 Å². The van der Waals surface area contributed by atoms with E-state index in [0.29, 0.717) is 18.1 Å². The summed E-state index contributed by atoms with van der Waals surface area (Å²) in [5.41, 5.74) is 0.494. The van der Waals surface area contributed by atoms with Crippen LogP contribution >= 0.6 is 0 Å². The van der Waals surface area contributed by atoms with Gasteiger partial charge in [0, 0.05) is 12.6 Å². The van der Waals surface area contributed by atoms with Crippen molar-refractivity contribution in [2.45, 2.75) is 45.3 Å². The number of para-hydroxylation sites is 2. The molecule has 0 radical (unpaired) electrons. The van der Waals surface area contributed by atoms with Gasteiger partial charge in [-0.1, -0.05) is 26.0 Å². The van der Waals surface area contributed by atoms with E-state index in [1.165, 1.54) is 19.3 Å². The summed E-state index contributed by atoms with van der Waals surface area (Å²) in [5.74, 6) is 1.73. The van der Waals surface area contributed by atoms with Crippen molar-refractivity contribution in [1.82, 2.24) is 5.32 Å². The second-order valence-electron chi connectivity index (χ2n) is 6.51. The number of hydrogen-bond donors (Lipinski definition) is 1. The number of hydrogen-bond acceptors (Lipinski definition) is 3. The van der Waals surface area contributed by atoms with E-state index < -0.39 is 0 Å². The number of rotatable bonds is 3. The highest BCUT2D eigenvalue weighted by molar-refractivity contribution is 5.40. The zero-order valence-electron chi connectivity index (χ0n) is 11.8. The quantitative estimate of drug-likeness (QED) is 0.907. The zero-order chi connectivity index (χ0) is 13.3. The minimum Gasteiger partial charge on any atom is -0.486 e. The van der Waals surface area contributed by atoms with Crippen LogP contribution in [0.25, 0.3) is 0 Å². The third kappa shape index (κ3) is 3.03. The summed E-state index contributed by atoms with van der Waals surface area (Å²) < 4.78 is 11.7. The fourth-order valence-corrected chi connectivity index (χ4v) is 3.07. The van der Waals surface area contributed by atoms with Crippen molar-refractivity contribution < 1.29 is 9.47 Å². The average molecular weight is 261 g/mol. The normalized spacial score (nSPS) is 28.3. The Balaban J connectivity index is 1.50. The van der Waals surface area contributed by atoms with Crippen LogP contribution in [0.5, 0.6) is 11.5 Å². The fraction of sp³-hybridized carbons (Fsp3) is 0.625. The molecule has 104 valence electrons. The van der Waals surface area contributed by atoms with Crippen LogP contribution in [0, 0.1) is 5.41 Å². The molecule has 1 aliphatic carbocycles. The lowest BCUT2D eigenvalue weighted by Gasteiger charge is -2.28. The molecule has 1 aliphatic heterocycles. The molecule has 1 aromatic carbocycles. The van der Waals surface area contributed by atoms with Crippen LogP contribution in [-0.4, -0.2) is 25.3 Å². The maximum atomic E-state index is 5.96. The van der Waals surface area contributed by atoms with Gasteiger partial charge < -0.3 is 14.8 Å². The molecule has 2 atom stereocenters. The Labute approximate surface area is 115 Å². The van der Waals surface area contributed by atoms with E-state index in [9.17, 15) is 0 Å². The molecule has 2 unspecified atom stereocenters. The summed E-state index contributed by atoms with van der Waals surface area (Å²) in [6.07, 6.45) is 3.97. The van der Waals surface area contributed by atoms with E-state index in [0.717, 1.165) is 18.0 Å². The van der Waals surface area contributed by atoms with Crippen molar-refractivity contribution in [3.05, 3.63) is 24.3 Å². The largest absolute Gasteiger partial charge is 0.486 e. The molecule has 1 fully saturated rings. The van der Waals surface area contributed by atoms with E-state index in [2.05, 4.69) is 19.2 Å². The first kappa shape index (κ1) is 12.8. The van der Waals surface area contributed by atoms with Gasteiger partial charge in [0.2, 0.25) is 0 Å². The van der Waals surface area contributed by atoms with Gasteiger partial charge in [-0.15, -0.1) is 0 Å². The lowest BCUT2D eigenvalue weighted by atomic mass is 9.92. The molecule has 0 saturated heterocycles. The molecule has 0 amide bonds. The van der Waals surface area contributed by atoms with Crippen molar-refractivity contribution in [2.75, 3.05) is 13.2 Å². The first-order chi connectivity index (χ1) is 9.12. The third-order valence-corrected chi connectivity index (χ3v) is 4.17. The Kier molecular flexibility index (Phi) is 3.40. The van der Waals surface area contributed by atoms with Crippen molar-refractivity contribution in [3.8, 4) is 11.5 Å². The van der Waals surface area contributed by atoms with Crippen LogP contribution in [-0.2, 0) is 0 Å². The third-order valence-electron chi connectivity index (χ3n) is 4.17. The van der Waals surface area contributed by atoms with Crippen LogP contribution in [0.3, 0.4) is 0 Å². The average Bonchev–Trinajstić information content (AvgIpc) is 2.76. The minimum absolute atomic E-state index is 0.124. The van der Waals surface area contributed by atoms with Crippen LogP contribution in [0.1, 0.15) is 33.1 Å². The molecule has 2 aliphatic rings. The topological polar surface area (TPSA) is 30.5 Å². The van der Waals surface area contributed by atoms with Gasteiger partial charge in [-0.05, 0) is 36.8 Å². The summed E-state index contributed by atoms with van der Waals surface area (Å²) in [5, 5.41) is 3.63. The van der Waals surface area contributed by atoms with E-state index >= 15 is 0 Å². The second-order valence-corrected chi connectivity index (χ2v) is 6.51. The van der Waals surface area contributed by atoms with Gasteiger partial charge in [-0.2, -0.15) is 0 Å². The Bertz CT molecular complexity index is 444. The van der Waals surface area contributed by atoms with Gasteiger partial charge in [0.25, 0.3) is 0 Å². The number of nitrogens with one attached hydrogen (secondary N) is 1. The molecule has 1 heterocycles. The Morgan fingerprint density at radius 3 is 2.79 bits per heavy atom. The fourth-order valence-electron chi connectivity index (χ4n) is 3.07. The van der Waals surface area contributed by atoms with Crippen molar-refractivity contribution >= 4 is 0 Å². The standard InChI is InChI=1S/C16H23NO2/c1-16(2)8-7-12(9-16)17-10-13-11-18-14-5-3-4-6-15(14)19-13/h3-6,12-13,17H,7-11H2,1-2H3. The highest BCUT2D eigenvalue weighted by Crippen LogP contribution is 2.37. The maximum Gasteiger partial charge on any atom is 0.161 e. The number of ether oxygens (including phenoxy) is 2. The minimum atomic E-state index is 0.124. The lowest BCUT2D eigenvalue weighted by molar-refractivity contribution is 0.0880. The summed E-state index contributed by atoms with van der Waals surface area (Å²) >= 11 is 0. The summed E-state index contributed by atoms with van der Waals surface area (Å²) in [6.45, 7) is 6.21. The molecular formula is C16H23NO2. The molecule has 1 saturated carbocycles. The summed E-state index contributed by atoms with van der Waals surface area (Å²) in [6, 6.07) is 8.52. The molecule has 0 aromatic heterocycles. The number of benzene rings is 1. The molecule has 0 bridgehead atoms. The van der Waals surface area contributed by atoms with Gasteiger partial charge in [0.05, 0.1) is 0 Å². The van der Waals surface area contributed by atoms with Crippen LogP contribution in [0.15, 0.2) is 24.3 Å². The summed E-state index contributed by atoms with van der Waals surface area (Å²) in [4.78, 5) is 0. The monoisotopic (exact) mass is 261 g/mol. The Hall–Kier alpha value is -1.22. The predicted molar refractivity (Wildman–Crippen MR) is 75.8 cm³/mol. The van der Waals surface area contributed by atoms with E-state index in [1.54, 1.807) is 0 Å². The van der Waals surface area contributed by atoms with Gasteiger partial charge in [0.15, 0.2) is 11.5 Å². The van der Waals surface area contributed by atoms with Crippen molar-refractivity contribution in [2.24, 2.45) is 5.41 Å². The zero-order valence-corrected chi connectivity index (χ0v) is 11.8. The van der Waals surface area contributed by atoms with E-state index in [1.807, 2.05) is 24.3 Å². The van der Waals surface area contributed by atoms with Crippen LogP contribution in [0.2, 0.25) is 0 Å². The van der Waals surface area contributed by atoms with Crippen molar-refractivity contribution in [1.29, 1.82) is 0 Å². The molecule has 1 aromatic rings. The lowest BCUT2D eigenvalue weighted by Crippen LogP contribution is -2.41. The molecule has 19 heavy (non-hydrogen) atoms. The second kappa shape index (κ2) is 5.04. The molecule has 3 heteroatoms. The molecular weight excluding hydrogens is 238 g/mol. The predicted octanol–water partition coefficient (Wildman–Crippen LogP) is 2.99. The van der Waals surface area contributed by atoms with Gasteiger partial charge in [-0.25, -0.2) is 0 Å².